The minimum absolute atomic E-state index is 0.0338. The van der Waals surface area contributed by atoms with Crippen LogP contribution in [0.4, 0.5) is 10.5 Å². The van der Waals surface area contributed by atoms with Crippen molar-refractivity contribution in [3.63, 3.8) is 0 Å². The van der Waals surface area contributed by atoms with Crippen LogP contribution in [-0.4, -0.2) is 51.9 Å². The third-order valence-corrected chi connectivity index (χ3v) is 8.11. The first-order valence-corrected chi connectivity index (χ1v) is 17.0. The fourth-order valence-electron chi connectivity index (χ4n) is 5.25. The second-order valence-corrected chi connectivity index (χ2v) is 16.0. The molecular weight excluding hydrogens is 486 g/mol. The maximum Gasteiger partial charge on any atom is 0.411 e. The van der Waals surface area contributed by atoms with Crippen LogP contribution in [0.5, 0.6) is 0 Å². The van der Waals surface area contributed by atoms with Crippen molar-refractivity contribution >= 4 is 19.9 Å². The van der Waals surface area contributed by atoms with Crippen molar-refractivity contribution in [1.82, 2.24) is 10.2 Å². The molecule has 5 nitrogen and oxygen atoms in total. The van der Waals surface area contributed by atoms with Crippen LogP contribution in [0.3, 0.4) is 0 Å². The lowest BCUT2D eigenvalue weighted by Gasteiger charge is -2.27. The highest BCUT2D eigenvalue weighted by atomic mass is 28.3. The summed E-state index contributed by atoms with van der Waals surface area (Å²) in [6, 6.07) is 21.0. The van der Waals surface area contributed by atoms with Crippen LogP contribution in [0, 0.1) is 18.4 Å². The summed E-state index contributed by atoms with van der Waals surface area (Å²) in [5.41, 5.74) is 12.2. The van der Waals surface area contributed by atoms with Crippen LogP contribution in [-0.2, 0) is 11.3 Å². The summed E-state index contributed by atoms with van der Waals surface area (Å²) in [5.74, 6) is 3.47. The van der Waals surface area contributed by atoms with E-state index in [-0.39, 0.29) is 5.92 Å². The highest BCUT2D eigenvalue weighted by molar-refractivity contribution is 6.83. The van der Waals surface area contributed by atoms with E-state index in [0.29, 0.717) is 6.61 Å². The minimum atomic E-state index is -1.55. The Morgan fingerprint density at radius 3 is 2.29 bits per heavy atom. The molecule has 1 heterocycles. The highest BCUT2D eigenvalue weighted by Gasteiger charge is 2.29. The zero-order chi connectivity index (χ0) is 26.7. The van der Waals surface area contributed by atoms with Crippen LogP contribution < -0.4 is 10.6 Å². The maximum atomic E-state index is 13.1. The average Bonchev–Trinajstić information content (AvgIpc) is 3.22. The Labute approximate surface area is 227 Å². The standard InChI is InChI=1S/C32H37N3O2Si/c1-23-25(13-18-38(2,3)4)19-24(21-35-16-14-33-15-17-35)20-31(23)34-32(36)37-22-30-28-11-7-5-9-26(28)27-10-6-8-12-29(27)30/h5-12,19-20,30,33H,14-17,21-22H2,1-4H3,(H,34,36). The number of hydrogen-bond donors (Lipinski definition) is 2. The second-order valence-electron chi connectivity index (χ2n) is 11.3. The Balaban J connectivity index is 1.35. The first-order valence-electron chi connectivity index (χ1n) is 13.5. The number of carbonyl (C=O) groups is 1. The SMILES string of the molecule is Cc1c(C#C[Si](C)(C)C)cc(CN2CCNCC2)cc1NC(=O)OCC1c2ccccc2-c2ccccc21. The van der Waals surface area contributed by atoms with Gasteiger partial charge in [0.25, 0.3) is 0 Å². The van der Waals surface area contributed by atoms with Gasteiger partial charge in [0, 0.05) is 49.9 Å². The van der Waals surface area contributed by atoms with Gasteiger partial charge in [0.15, 0.2) is 0 Å². The van der Waals surface area contributed by atoms with Crippen molar-refractivity contribution in [1.29, 1.82) is 0 Å². The fourth-order valence-corrected chi connectivity index (χ4v) is 5.76. The Kier molecular flexibility index (Phi) is 7.71. The molecule has 1 amide bonds. The summed E-state index contributed by atoms with van der Waals surface area (Å²) in [4.78, 5) is 15.5. The zero-order valence-electron chi connectivity index (χ0n) is 22.9. The molecule has 0 spiro atoms. The molecule has 0 saturated carbocycles. The molecule has 3 aromatic carbocycles. The predicted molar refractivity (Wildman–Crippen MR) is 158 cm³/mol. The molecule has 0 unspecified atom stereocenters. The Morgan fingerprint density at radius 2 is 1.66 bits per heavy atom. The number of nitrogens with one attached hydrogen (secondary N) is 2. The monoisotopic (exact) mass is 523 g/mol. The molecule has 0 radical (unpaired) electrons. The van der Waals surface area contributed by atoms with Crippen LogP contribution in [0.25, 0.3) is 11.1 Å². The van der Waals surface area contributed by atoms with Crippen molar-refractivity contribution < 1.29 is 9.53 Å². The Bertz CT molecular complexity index is 1350. The molecule has 196 valence electrons. The number of amides is 1. The van der Waals surface area contributed by atoms with E-state index in [2.05, 4.69) is 95.2 Å². The van der Waals surface area contributed by atoms with Gasteiger partial charge in [-0.15, -0.1) is 5.54 Å². The molecule has 1 saturated heterocycles. The zero-order valence-corrected chi connectivity index (χ0v) is 23.9. The molecule has 0 aromatic heterocycles. The maximum absolute atomic E-state index is 13.1. The third-order valence-electron chi connectivity index (χ3n) is 7.24. The normalized spacial score (nSPS) is 15.3. The van der Waals surface area contributed by atoms with E-state index in [9.17, 15) is 4.79 Å². The fraction of sp³-hybridized carbons (Fsp3) is 0.344. The third kappa shape index (κ3) is 6.02. The molecule has 5 rings (SSSR count). The van der Waals surface area contributed by atoms with Gasteiger partial charge in [0.1, 0.15) is 14.7 Å². The Hall–Kier alpha value is -3.37. The van der Waals surface area contributed by atoms with Gasteiger partial charge in [0.05, 0.1) is 0 Å². The average molecular weight is 524 g/mol. The number of nitrogens with zero attached hydrogens (tertiary/aromatic N) is 1. The van der Waals surface area contributed by atoms with E-state index in [4.69, 9.17) is 4.74 Å². The topological polar surface area (TPSA) is 53.6 Å². The summed E-state index contributed by atoms with van der Waals surface area (Å²) >= 11 is 0. The van der Waals surface area contributed by atoms with E-state index in [0.717, 1.165) is 55.1 Å². The summed E-state index contributed by atoms with van der Waals surface area (Å²) in [6.07, 6.45) is -0.432. The first-order chi connectivity index (χ1) is 18.3. The quantitative estimate of drug-likeness (QED) is 0.319. The summed E-state index contributed by atoms with van der Waals surface area (Å²) < 4.78 is 5.84. The van der Waals surface area contributed by atoms with E-state index >= 15 is 0 Å². The lowest BCUT2D eigenvalue weighted by Crippen LogP contribution is -2.42. The number of benzene rings is 3. The molecule has 38 heavy (non-hydrogen) atoms. The lowest BCUT2D eigenvalue weighted by molar-refractivity contribution is 0.158. The molecule has 3 aromatic rings. The van der Waals surface area contributed by atoms with Gasteiger partial charge in [-0.3, -0.25) is 10.2 Å². The smallest absolute Gasteiger partial charge is 0.411 e. The van der Waals surface area contributed by atoms with Gasteiger partial charge in [-0.25, -0.2) is 4.79 Å². The summed E-state index contributed by atoms with van der Waals surface area (Å²) in [6.45, 7) is 13.9. The van der Waals surface area contributed by atoms with Gasteiger partial charge >= 0.3 is 6.09 Å². The van der Waals surface area contributed by atoms with E-state index in [1.165, 1.54) is 22.3 Å². The highest BCUT2D eigenvalue weighted by Crippen LogP contribution is 2.44. The van der Waals surface area contributed by atoms with E-state index in [1.807, 2.05) is 19.1 Å². The van der Waals surface area contributed by atoms with E-state index in [1.54, 1.807) is 0 Å². The van der Waals surface area contributed by atoms with Crippen molar-refractivity contribution in [3.05, 3.63) is 88.5 Å². The van der Waals surface area contributed by atoms with Crippen LogP contribution >= 0.6 is 0 Å². The molecule has 1 fully saturated rings. The van der Waals surface area contributed by atoms with Crippen molar-refractivity contribution in [2.45, 2.75) is 39.0 Å². The van der Waals surface area contributed by atoms with Crippen molar-refractivity contribution in [2.75, 3.05) is 38.1 Å². The van der Waals surface area contributed by atoms with Gasteiger partial charge in [-0.2, -0.15) is 0 Å². The molecule has 6 heteroatoms. The first kappa shape index (κ1) is 26.2. The van der Waals surface area contributed by atoms with Crippen LogP contribution in [0.15, 0.2) is 60.7 Å². The number of hydrogen-bond acceptors (Lipinski definition) is 4. The van der Waals surface area contributed by atoms with Crippen molar-refractivity contribution in [3.8, 4) is 22.6 Å². The Morgan fingerprint density at radius 1 is 1.03 bits per heavy atom. The van der Waals surface area contributed by atoms with Crippen molar-refractivity contribution in [2.24, 2.45) is 0 Å². The minimum Gasteiger partial charge on any atom is -0.448 e. The van der Waals surface area contributed by atoms with Gasteiger partial charge in [-0.1, -0.05) is 74.1 Å². The van der Waals surface area contributed by atoms with Crippen LogP contribution in [0.2, 0.25) is 19.6 Å². The molecular formula is C32H37N3O2Si. The number of carbonyl (C=O) groups excluding carboxylic acids is 1. The molecule has 2 aliphatic rings. The number of fused-ring (bicyclic) bond motifs is 3. The molecule has 1 aliphatic carbocycles. The summed E-state index contributed by atoms with van der Waals surface area (Å²) in [7, 11) is -1.55. The second kappa shape index (κ2) is 11.2. The summed E-state index contributed by atoms with van der Waals surface area (Å²) in [5, 5.41) is 6.46. The number of piperazine rings is 1. The number of anilines is 1. The van der Waals surface area contributed by atoms with Gasteiger partial charge in [-0.05, 0) is 52.4 Å². The molecule has 0 bridgehead atoms. The molecule has 2 N–H and O–H groups in total. The van der Waals surface area contributed by atoms with Crippen LogP contribution in [0.1, 0.15) is 33.7 Å². The van der Waals surface area contributed by atoms with Gasteiger partial charge in [0.2, 0.25) is 0 Å². The van der Waals surface area contributed by atoms with Gasteiger partial charge < -0.3 is 10.1 Å². The largest absolute Gasteiger partial charge is 0.448 e. The number of rotatable bonds is 5. The predicted octanol–water partition coefficient (Wildman–Crippen LogP) is 5.99. The molecule has 1 aliphatic heterocycles. The van der Waals surface area contributed by atoms with E-state index < -0.39 is 14.2 Å². The molecule has 0 atom stereocenters. The lowest BCUT2D eigenvalue weighted by atomic mass is 9.98. The number of ether oxygens (including phenoxy) is 1.